The van der Waals surface area contributed by atoms with E-state index in [4.69, 9.17) is 4.74 Å². The fraction of sp³-hybridized carbons (Fsp3) is 0.842. The number of rotatable bonds is 14. The zero-order valence-corrected chi connectivity index (χ0v) is 15.3. The van der Waals surface area contributed by atoms with E-state index in [1.807, 2.05) is 18.9 Å². The lowest BCUT2D eigenvalue weighted by Crippen LogP contribution is -2.29. The molecule has 1 unspecified atom stereocenters. The first-order valence-electron chi connectivity index (χ1n) is 9.08. The fourth-order valence-corrected chi connectivity index (χ4v) is 2.28. The highest BCUT2D eigenvalue weighted by molar-refractivity contribution is 5.76. The first-order chi connectivity index (χ1) is 10.5. The van der Waals surface area contributed by atoms with Gasteiger partial charge in [0.25, 0.3) is 0 Å². The molecule has 3 nitrogen and oxygen atoms in total. The highest BCUT2D eigenvalue weighted by Gasteiger charge is 2.16. The summed E-state index contributed by atoms with van der Waals surface area (Å²) in [6.07, 6.45) is 10.2. The van der Waals surface area contributed by atoms with E-state index in [0.29, 0.717) is 6.42 Å². The molecule has 0 aromatic rings. The van der Waals surface area contributed by atoms with Crippen molar-refractivity contribution in [2.24, 2.45) is 5.92 Å². The third kappa shape index (κ3) is 10.7. The maximum Gasteiger partial charge on any atom is 0.223 e. The summed E-state index contributed by atoms with van der Waals surface area (Å²) in [6, 6.07) is 0. The van der Waals surface area contributed by atoms with Crippen molar-refractivity contribution in [3.8, 4) is 0 Å². The Hall–Kier alpha value is -0.990. The van der Waals surface area contributed by atoms with Gasteiger partial charge in [-0.25, -0.2) is 0 Å². The molecule has 0 spiro atoms. The second kappa shape index (κ2) is 13.7. The van der Waals surface area contributed by atoms with Gasteiger partial charge in [0.2, 0.25) is 5.91 Å². The van der Waals surface area contributed by atoms with Crippen LogP contribution in [0.15, 0.2) is 12.3 Å². The molecule has 0 heterocycles. The van der Waals surface area contributed by atoms with Gasteiger partial charge in [-0.15, -0.1) is 0 Å². The normalized spacial score (nSPS) is 12.0. The third-order valence-electron chi connectivity index (χ3n) is 4.09. The molecule has 0 saturated heterocycles. The van der Waals surface area contributed by atoms with E-state index >= 15 is 0 Å². The van der Waals surface area contributed by atoms with E-state index in [2.05, 4.69) is 20.4 Å². The van der Waals surface area contributed by atoms with Gasteiger partial charge in [-0.2, -0.15) is 0 Å². The van der Waals surface area contributed by atoms with Crippen LogP contribution in [-0.4, -0.2) is 31.0 Å². The average molecular weight is 312 g/mol. The van der Waals surface area contributed by atoms with Crippen molar-refractivity contribution < 1.29 is 9.53 Å². The zero-order valence-electron chi connectivity index (χ0n) is 15.3. The maximum atomic E-state index is 12.1. The topological polar surface area (TPSA) is 29.5 Å². The molecular formula is C19H37NO2. The molecule has 0 aliphatic heterocycles. The summed E-state index contributed by atoms with van der Waals surface area (Å²) in [5.74, 6) is 1.03. The van der Waals surface area contributed by atoms with E-state index in [-0.39, 0.29) is 11.8 Å². The second-order valence-corrected chi connectivity index (χ2v) is 6.36. The Morgan fingerprint density at radius 3 is 2.27 bits per heavy atom. The summed E-state index contributed by atoms with van der Waals surface area (Å²) in [5.41, 5.74) is 0. The molecule has 0 radical (unpaired) electrons. The minimum atomic E-state index is 0.0941. The van der Waals surface area contributed by atoms with Crippen LogP contribution in [0.2, 0.25) is 0 Å². The Morgan fingerprint density at radius 1 is 1.05 bits per heavy atom. The van der Waals surface area contributed by atoms with Gasteiger partial charge in [0.15, 0.2) is 0 Å². The van der Waals surface area contributed by atoms with Crippen LogP contribution in [0, 0.1) is 5.92 Å². The van der Waals surface area contributed by atoms with E-state index < -0.39 is 0 Å². The predicted molar refractivity (Wildman–Crippen MR) is 94.8 cm³/mol. The lowest BCUT2D eigenvalue weighted by molar-refractivity contribution is -0.130. The maximum absolute atomic E-state index is 12.1. The van der Waals surface area contributed by atoms with Crippen LogP contribution in [0.25, 0.3) is 0 Å². The van der Waals surface area contributed by atoms with Gasteiger partial charge in [-0.3, -0.25) is 4.79 Å². The van der Waals surface area contributed by atoms with Gasteiger partial charge in [0.1, 0.15) is 0 Å². The van der Waals surface area contributed by atoms with Gasteiger partial charge in [0.05, 0.1) is 12.4 Å². The molecule has 0 aromatic carbocycles. The van der Waals surface area contributed by atoms with Crippen LogP contribution in [-0.2, 0) is 9.53 Å². The summed E-state index contributed by atoms with van der Waals surface area (Å²) >= 11 is 0. The number of allylic oxidation sites excluding steroid dienone is 1. The van der Waals surface area contributed by atoms with Crippen molar-refractivity contribution >= 4 is 5.91 Å². The van der Waals surface area contributed by atoms with Gasteiger partial charge in [-0.1, -0.05) is 65.9 Å². The molecule has 0 N–H and O–H groups in total. The Balaban J connectivity index is 3.76. The van der Waals surface area contributed by atoms with Crippen molar-refractivity contribution in [3.05, 3.63) is 12.3 Å². The molecule has 0 bridgehead atoms. The standard InChI is InChI=1S/C19H37NO2/c1-6-8-10-11-12-13-15-22-18(4)17(3)16-19(21)20(5)14-9-7-2/h17H,4,6-16H2,1-3,5H3. The second-order valence-electron chi connectivity index (χ2n) is 6.36. The molecule has 22 heavy (non-hydrogen) atoms. The van der Waals surface area contributed by atoms with Crippen LogP contribution in [0.4, 0.5) is 0 Å². The van der Waals surface area contributed by atoms with E-state index in [1.165, 1.54) is 32.1 Å². The molecule has 0 aromatic heterocycles. The predicted octanol–water partition coefficient (Wildman–Crippen LogP) is 5.16. The number of nitrogens with zero attached hydrogens (tertiary/aromatic N) is 1. The summed E-state index contributed by atoms with van der Waals surface area (Å²) in [5, 5.41) is 0. The number of carbonyl (C=O) groups is 1. The van der Waals surface area contributed by atoms with E-state index in [0.717, 1.165) is 38.2 Å². The minimum absolute atomic E-state index is 0.0941. The number of hydrogen-bond acceptors (Lipinski definition) is 2. The van der Waals surface area contributed by atoms with Crippen LogP contribution >= 0.6 is 0 Å². The Morgan fingerprint density at radius 2 is 1.64 bits per heavy atom. The monoisotopic (exact) mass is 311 g/mol. The van der Waals surface area contributed by atoms with E-state index in [1.54, 1.807) is 0 Å². The molecule has 0 fully saturated rings. The molecule has 130 valence electrons. The third-order valence-corrected chi connectivity index (χ3v) is 4.09. The first-order valence-corrected chi connectivity index (χ1v) is 9.08. The molecule has 0 rings (SSSR count). The molecule has 1 amide bonds. The van der Waals surface area contributed by atoms with Crippen LogP contribution in [0.3, 0.4) is 0 Å². The van der Waals surface area contributed by atoms with Crippen molar-refractivity contribution in [3.63, 3.8) is 0 Å². The molecule has 0 saturated carbocycles. The quantitative estimate of drug-likeness (QED) is 0.327. The highest BCUT2D eigenvalue weighted by Crippen LogP contribution is 2.16. The number of ether oxygens (including phenoxy) is 1. The SMILES string of the molecule is C=C(OCCCCCCCC)C(C)CC(=O)N(C)CCCC. The van der Waals surface area contributed by atoms with Crippen molar-refractivity contribution in [1.29, 1.82) is 0 Å². The number of unbranched alkanes of at least 4 members (excludes halogenated alkanes) is 6. The Kier molecular flexibility index (Phi) is 13.0. The Labute approximate surface area is 138 Å². The molecular weight excluding hydrogens is 274 g/mol. The lowest BCUT2D eigenvalue weighted by Gasteiger charge is -2.20. The number of amides is 1. The summed E-state index contributed by atoms with van der Waals surface area (Å²) in [7, 11) is 1.88. The average Bonchev–Trinajstić information content (AvgIpc) is 2.51. The summed E-state index contributed by atoms with van der Waals surface area (Å²) in [6.45, 7) is 11.9. The van der Waals surface area contributed by atoms with Gasteiger partial charge < -0.3 is 9.64 Å². The Bertz CT molecular complexity index is 302. The van der Waals surface area contributed by atoms with Crippen LogP contribution in [0.1, 0.15) is 78.6 Å². The molecule has 3 heteroatoms. The van der Waals surface area contributed by atoms with Gasteiger partial charge in [0, 0.05) is 25.9 Å². The largest absolute Gasteiger partial charge is 0.498 e. The van der Waals surface area contributed by atoms with Gasteiger partial charge >= 0.3 is 0 Å². The highest BCUT2D eigenvalue weighted by atomic mass is 16.5. The van der Waals surface area contributed by atoms with Crippen molar-refractivity contribution in [2.45, 2.75) is 78.6 Å². The molecule has 1 atom stereocenters. The first kappa shape index (κ1) is 21.0. The number of carbonyl (C=O) groups excluding carboxylic acids is 1. The molecule has 0 aliphatic rings. The van der Waals surface area contributed by atoms with Crippen LogP contribution in [0.5, 0.6) is 0 Å². The number of hydrogen-bond donors (Lipinski definition) is 0. The van der Waals surface area contributed by atoms with Crippen LogP contribution < -0.4 is 0 Å². The van der Waals surface area contributed by atoms with Crippen molar-refractivity contribution in [2.75, 3.05) is 20.2 Å². The zero-order chi connectivity index (χ0) is 16.8. The molecule has 0 aliphatic carbocycles. The van der Waals surface area contributed by atoms with E-state index in [9.17, 15) is 4.79 Å². The summed E-state index contributed by atoms with van der Waals surface area (Å²) < 4.78 is 5.71. The van der Waals surface area contributed by atoms with Crippen molar-refractivity contribution in [1.82, 2.24) is 4.90 Å². The lowest BCUT2D eigenvalue weighted by atomic mass is 10.1. The summed E-state index contributed by atoms with van der Waals surface area (Å²) in [4.78, 5) is 13.9. The fourth-order valence-electron chi connectivity index (χ4n) is 2.28. The smallest absolute Gasteiger partial charge is 0.223 e. The van der Waals surface area contributed by atoms with Gasteiger partial charge in [-0.05, 0) is 12.8 Å². The minimum Gasteiger partial charge on any atom is -0.498 e.